The Morgan fingerprint density at radius 2 is 1.84 bits per heavy atom. The standard InChI is InChI=1S/C37H48N4O7S/c1-9-13-27(35(43)44)39-33(49-8)30-19-25(21-41(30)34(42)32(22(2)3)40-36(45)48-37(4,5)6)47-31-20-28(23-14-11-10-12-15-23)38-29-18-24(46-7)16-17-26(29)31/h10-12,14-18,20,22,25,27,30,32H,9,13,19,21H2,1-8H3,(H,40,45)(H,43,44)/b39-33-/t25-,27+,30+,32?/m1/s1. The molecule has 11 nitrogen and oxygen atoms in total. The van der Waals surface area contributed by atoms with E-state index in [9.17, 15) is 19.5 Å². The Morgan fingerprint density at radius 1 is 1.12 bits per heavy atom. The van der Waals surface area contributed by atoms with Gasteiger partial charge in [-0.1, -0.05) is 57.5 Å². The fourth-order valence-corrected chi connectivity index (χ4v) is 6.50. The quantitative estimate of drug-likeness (QED) is 0.155. The number of ether oxygens (including phenoxy) is 3. The van der Waals surface area contributed by atoms with E-state index in [1.807, 2.05) is 81.6 Å². The average Bonchev–Trinajstić information content (AvgIpc) is 3.47. The SMILES string of the molecule is CCC[C@H](/N=C(\SC)[C@@H]1C[C@@H](Oc2cc(-c3ccccc3)nc3cc(OC)ccc23)CN1C(=O)C(NC(=O)OC(C)(C)C)C(C)C)C(=O)O. The topological polar surface area (TPSA) is 140 Å². The number of benzene rings is 2. The molecule has 49 heavy (non-hydrogen) atoms. The maximum absolute atomic E-state index is 14.4. The van der Waals surface area contributed by atoms with Crippen molar-refractivity contribution in [2.24, 2.45) is 10.9 Å². The van der Waals surface area contributed by atoms with Crippen LogP contribution in [0.3, 0.4) is 0 Å². The van der Waals surface area contributed by atoms with Crippen LogP contribution in [0.25, 0.3) is 22.2 Å². The number of aromatic nitrogens is 1. The molecule has 0 bridgehead atoms. The summed E-state index contributed by atoms with van der Waals surface area (Å²) in [6.45, 7) is 11.1. The minimum absolute atomic E-state index is 0.189. The largest absolute Gasteiger partial charge is 0.497 e. The second-order valence-corrected chi connectivity index (χ2v) is 14.2. The highest BCUT2D eigenvalue weighted by Crippen LogP contribution is 2.35. The second-order valence-electron chi connectivity index (χ2n) is 13.4. The van der Waals surface area contributed by atoms with E-state index in [0.29, 0.717) is 41.3 Å². The van der Waals surface area contributed by atoms with Crippen molar-refractivity contribution in [3.63, 3.8) is 0 Å². The summed E-state index contributed by atoms with van der Waals surface area (Å²) in [5.41, 5.74) is 1.58. The number of amides is 2. The molecule has 1 aromatic heterocycles. The first-order valence-electron chi connectivity index (χ1n) is 16.6. The summed E-state index contributed by atoms with van der Waals surface area (Å²) in [6, 6.07) is 14.9. The van der Waals surface area contributed by atoms with Crippen molar-refractivity contribution >= 4 is 45.7 Å². The first kappa shape index (κ1) is 37.5. The Kier molecular flexibility index (Phi) is 12.5. The molecule has 0 aliphatic carbocycles. The summed E-state index contributed by atoms with van der Waals surface area (Å²) in [5, 5.41) is 14.0. The third kappa shape index (κ3) is 9.65. The predicted octanol–water partition coefficient (Wildman–Crippen LogP) is 6.82. The van der Waals surface area contributed by atoms with Crippen molar-refractivity contribution in [1.29, 1.82) is 0 Å². The van der Waals surface area contributed by atoms with Crippen LogP contribution < -0.4 is 14.8 Å². The number of hydrogen-bond acceptors (Lipinski definition) is 9. The lowest BCUT2D eigenvalue weighted by molar-refractivity contribution is -0.138. The second kappa shape index (κ2) is 16.4. The van der Waals surface area contributed by atoms with Crippen LogP contribution >= 0.6 is 11.8 Å². The van der Waals surface area contributed by atoms with Crippen LogP contribution in [0.1, 0.15) is 60.8 Å². The number of hydrogen-bond donors (Lipinski definition) is 2. The third-order valence-corrected chi connectivity index (χ3v) is 8.91. The number of aliphatic carboxylic acids is 1. The number of carbonyl (C=O) groups is 3. The van der Waals surface area contributed by atoms with Crippen LogP contribution in [0, 0.1) is 5.92 Å². The van der Waals surface area contributed by atoms with Gasteiger partial charge in [-0.2, -0.15) is 0 Å². The van der Waals surface area contributed by atoms with Crippen LogP contribution in [0.5, 0.6) is 11.5 Å². The van der Waals surface area contributed by atoms with Crippen molar-refractivity contribution in [2.75, 3.05) is 19.9 Å². The summed E-state index contributed by atoms with van der Waals surface area (Å²) < 4.78 is 17.7. The Hall–Kier alpha value is -4.32. The number of nitrogens with one attached hydrogen (secondary N) is 1. The van der Waals surface area contributed by atoms with E-state index >= 15 is 0 Å². The van der Waals surface area contributed by atoms with Crippen molar-refractivity contribution < 1.29 is 33.7 Å². The zero-order valence-corrected chi connectivity index (χ0v) is 30.4. The number of alkyl carbamates (subject to hydrolysis) is 1. The van der Waals surface area contributed by atoms with Gasteiger partial charge in [0.2, 0.25) is 5.91 Å². The van der Waals surface area contributed by atoms with Crippen molar-refractivity contribution in [2.45, 2.75) is 90.6 Å². The lowest BCUT2D eigenvalue weighted by Crippen LogP contribution is -2.54. The molecular weight excluding hydrogens is 644 g/mol. The maximum atomic E-state index is 14.4. The van der Waals surface area contributed by atoms with Gasteiger partial charge < -0.3 is 29.5 Å². The number of methoxy groups -OCH3 is 1. The summed E-state index contributed by atoms with van der Waals surface area (Å²) in [5.74, 6) is -0.359. The number of pyridine rings is 1. The fraction of sp³-hybridized carbons (Fsp3) is 0.486. The molecule has 0 saturated carbocycles. The molecule has 3 aromatic rings. The van der Waals surface area contributed by atoms with Gasteiger partial charge in [0, 0.05) is 29.5 Å². The first-order chi connectivity index (χ1) is 23.2. The van der Waals surface area contributed by atoms with E-state index in [4.69, 9.17) is 19.2 Å². The molecule has 1 fully saturated rings. The number of carboxylic acid groups (broad SMARTS) is 1. The molecule has 0 radical (unpaired) electrons. The van der Waals surface area contributed by atoms with E-state index in [2.05, 4.69) is 10.3 Å². The lowest BCUT2D eigenvalue weighted by Gasteiger charge is -2.32. The van der Waals surface area contributed by atoms with E-state index in [1.54, 1.807) is 32.8 Å². The number of likely N-dealkylation sites (tertiary alicyclic amines) is 1. The first-order valence-corrected chi connectivity index (χ1v) is 17.8. The minimum Gasteiger partial charge on any atom is -0.497 e. The molecule has 1 aliphatic rings. The Bertz CT molecular complexity index is 1660. The molecular formula is C37H48N4O7S. The Balaban J connectivity index is 1.75. The van der Waals surface area contributed by atoms with Crippen molar-refractivity contribution in [3.8, 4) is 22.8 Å². The summed E-state index contributed by atoms with van der Waals surface area (Å²) >= 11 is 1.32. The molecule has 1 aliphatic heterocycles. The highest BCUT2D eigenvalue weighted by molar-refractivity contribution is 8.13. The zero-order valence-electron chi connectivity index (χ0n) is 29.6. The minimum atomic E-state index is -1.02. The fourth-order valence-electron chi connectivity index (χ4n) is 5.77. The van der Waals surface area contributed by atoms with Crippen molar-refractivity contribution in [3.05, 3.63) is 54.6 Å². The number of aliphatic imine (C=N–C) groups is 1. The molecule has 1 saturated heterocycles. The molecule has 2 heterocycles. The molecule has 0 spiro atoms. The average molecular weight is 693 g/mol. The number of carboxylic acids is 1. The summed E-state index contributed by atoms with van der Waals surface area (Å²) in [7, 11) is 1.60. The molecule has 4 atom stereocenters. The molecule has 2 aromatic carbocycles. The Labute approximate surface area is 292 Å². The van der Waals surface area contributed by atoms with Crippen LogP contribution in [0.15, 0.2) is 59.6 Å². The lowest BCUT2D eigenvalue weighted by atomic mass is 10.0. The van der Waals surface area contributed by atoms with Gasteiger partial charge in [-0.25, -0.2) is 14.6 Å². The smallest absolute Gasteiger partial charge is 0.408 e. The van der Waals surface area contributed by atoms with E-state index < -0.39 is 41.9 Å². The maximum Gasteiger partial charge on any atom is 0.408 e. The van der Waals surface area contributed by atoms with E-state index in [0.717, 1.165) is 16.6 Å². The predicted molar refractivity (Wildman–Crippen MR) is 194 cm³/mol. The monoisotopic (exact) mass is 692 g/mol. The highest BCUT2D eigenvalue weighted by atomic mass is 32.2. The third-order valence-electron chi connectivity index (χ3n) is 8.12. The van der Waals surface area contributed by atoms with E-state index in [1.165, 1.54) is 11.8 Å². The molecule has 1 unspecified atom stereocenters. The van der Waals surface area contributed by atoms with Crippen LogP contribution in [0.4, 0.5) is 4.79 Å². The highest BCUT2D eigenvalue weighted by Gasteiger charge is 2.43. The summed E-state index contributed by atoms with van der Waals surface area (Å²) in [4.78, 5) is 50.6. The zero-order chi connectivity index (χ0) is 35.9. The van der Waals surface area contributed by atoms with Crippen LogP contribution in [0.2, 0.25) is 0 Å². The van der Waals surface area contributed by atoms with Gasteiger partial charge in [0.1, 0.15) is 35.3 Å². The van der Waals surface area contributed by atoms with Gasteiger partial charge in [0.15, 0.2) is 0 Å². The number of carbonyl (C=O) groups excluding carboxylic acids is 2. The Morgan fingerprint density at radius 3 is 2.43 bits per heavy atom. The van der Waals surface area contributed by atoms with Gasteiger partial charge in [-0.3, -0.25) is 9.79 Å². The van der Waals surface area contributed by atoms with E-state index in [-0.39, 0.29) is 18.4 Å². The van der Waals surface area contributed by atoms with Crippen LogP contribution in [-0.4, -0.2) is 87.7 Å². The number of nitrogens with zero attached hydrogens (tertiary/aromatic N) is 3. The molecule has 4 rings (SSSR count). The molecule has 2 N–H and O–H groups in total. The van der Waals surface area contributed by atoms with Gasteiger partial charge in [-0.05, 0) is 51.5 Å². The van der Waals surface area contributed by atoms with Crippen molar-refractivity contribution in [1.82, 2.24) is 15.2 Å². The number of thioether (sulfide) groups is 1. The molecule has 12 heteroatoms. The molecule has 2 amide bonds. The molecule has 264 valence electrons. The van der Waals surface area contributed by atoms with Gasteiger partial charge in [-0.15, -0.1) is 11.8 Å². The van der Waals surface area contributed by atoms with Gasteiger partial charge >= 0.3 is 12.1 Å². The van der Waals surface area contributed by atoms with Crippen LogP contribution in [-0.2, 0) is 14.3 Å². The number of fused-ring (bicyclic) bond motifs is 1. The normalized spacial score (nSPS) is 17.9. The van der Waals surface area contributed by atoms with Gasteiger partial charge in [0.05, 0.1) is 36.0 Å². The number of rotatable bonds is 12. The van der Waals surface area contributed by atoms with Gasteiger partial charge in [0.25, 0.3) is 0 Å². The summed E-state index contributed by atoms with van der Waals surface area (Å²) in [6.07, 6.45) is 2.02.